The first-order valence-corrected chi connectivity index (χ1v) is 7.12. The van der Waals surface area contributed by atoms with E-state index in [0.29, 0.717) is 11.8 Å². The second kappa shape index (κ2) is 7.52. The summed E-state index contributed by atoms with van der Waals surface area (Å²) in [5.74, 6) is -1.01. The van der Waals surface area contributed by atoms with E-state index in [1.54, 1.807) is 6.92 Å². The van der Waals surface area contributed by atoms with Gasteiger partial charge in [-0.15, -0.1) is 13.2 Å². The molecule has 0 unspecified atom stereocenters. The number of hydrogen-bond acceptors (Lipinski definition) is 3. The number of esters is 1. The average molecular weight is 355 g/mol. The molecule has 0 spiro atoms. The van der Waals surface area contributed by atoms with Crippen LogP contribution in [0.15, 0.2) is 18.2 Å². The maximum Gasteiger partial charge on any atom is 0.573 e. The average Bonchev–Trinajstić information content (AvgIpc) is 2.35. The van der Waals surface area contributed by atoms with E-state index >= 15 is 0 Å². The first kappa shape index (κ1) is 16.8. The Kier molecular flexibility index (Phi) is 6.32. The van der Waals surface area contributed by atoms with Gasteiger partial charge >= 0.3 is 12.3 Å². The number of benzene rings is 1. The minimum absolute atomic E-state index is 0.106. The molecule has 0 saturated heterocycles. The minimum Gasteiger partial charge on any atom is -0.462 e. The van der Waals surface area contributed by atoms with Gasteiger partial charge in [-0.05, 0) is 31.9 Å². The molecule has 0 atom stereocenters. The summed E-state index contributed by atoms with van der Waals surface area (Å²) in [6.45, 7) is 1.78. The molecule has 1 aromatic rings. The van der Waals surface area contributed by atoms with Gasteiger partial charge in [0.05, 0.1) is 12.2 Å². The van der Waals surface area contributed by atoms with Gasteiger partial charge in [0.2, 0.25) is 0 Å². The van der Waals surface area contributed by atoms with Gasteiger partial charge in [-0.1, -0.05) is 22.0 Å². The van der Waals surface area contributed by atoms with Crippen molar-refractivity contribution in [2.75, 3.05) is 11.9 Å². The van der Waals surface area contributed by atoms with Gasteiger partial charge in [0, 0.05) is 10.9 Å². The van der Waals surface area contributed by atoms with Crippen LogP contribution in [0.5, 0.6) is 5.75 Å². The molecule has 0 aliphatic rings. The van der Waals surface area contributed by atoms with Crippen molar-refractivity contribution in [1.82, 2.24) is 0 Å². The lowest BCUT2D eigenvalue weighted by Gasteiger charge is -2.15. The Balaban J connectivity index is 3.15. The maximum absolute atomic E-state index is 12.4. The van der Waals surface area contributed by atoms with Crippen LogP contribution in [0.1, 0.15) is 29.3 Å². The SMILES string of the molecule is CCOC(=O)c1cccc(OC(F)(F)F)c1CCCBr. The van der Waals surface area contributed by atoms with Crippen molar-refractivity contribution in [2.24, 2.45) is 0 Å². The van der Waals surface area contributed by atoms with Gasteiger partial charge in [-0.2, -0.15) is 0 Å². The summed E-state index contributed by atoms with van der Waals surface area (Å²) in [5.41, 5.74) is 0.317. The summed E-state index contributed by atoms with van der Waals surface area (Å²) in [6.07, 6.45) is -3.94. The zero-order chi connectivity index (χ0) is 15.2. The summed E-state index contributed by atoms with van der Waals surface area (Å²) < 4.78 is 46.0. The molecule has 0 saturated carbocycles. The van der Waals surface area contributed by atoms with Crippen LogP contribution in [-0.2, 0) is 11.2 Å². The summed E-state index contributed by atoms with van der Waals surface area (Å²) >= 11 is 3.21. The molecule has 112 valence electrons. The van der Waals surface area contributed by atoms with E-state index in [1.165, 1.54) is 18.2 Å². The van der Waals surface area contributed by atoms with Gasteiger partial charge < -0.3 is 9.47 Å². The molecule has 0 N–H and O–H groups in total. The molecule has 0 heterocycles. The quantitative estimate of drug-likeness (QED) is 0.570. The molecule has 1 aromatic carbocycles. The third-order valence-electron chi connectivity index (χ3n) is 2.41. The van der Waals surface area contributed by atoms with Crippen molar-refractivity contribution in [1.29, 1.82) is 0 Å². The number of carbonyl (C=O) groups is 1. The molecule has 0 aliphatic carbocycles. The molecule has 7 heteroatoms. The van der Waals surface area contributed by atoms with Gasteiger partial charge in [-0.3, -0.25) is 0 Å². The molecular weight excluding hydrogens is 341 g/mol. The first-order chi connectivity index (χ1) is 9.39. The smallest absolute Gasteiger partial charge is 0.462 e. The number of ether oxygens (including phenoxy) is 2. The zero-order valence-electron chi connectivity index (χ0n) is 10.8. The number of halogens is 4. The van der Waals surface area contributed by atoms with Gasteiger partial charge in [-0.25, -0.2) is 4.79 Å². The third-order valence-corrected chi connectivity index (χ3v) is 2.98. The fourth-order valence-electron chi connectivity index (χ4n) is 1.69. The topological polar surface area (TPSA) is 35.5 Å². The van der Waals surface area contributed by atoms with E-state index in [4.69, 9.17) is 4.74 Å². The number of carbonyl (C=O) groups excluding carboxylic acids is 1. The molecule has 0 amide bonds. The van der Waals surface area contributed by atoms with Crippen LogP contribution in [0.25, 0.3) is 0 Å². The van der Waals surface area contributed by atoms with Crippen molar-refractivity contribution in [3.8, 4) is 5.75 Å². The Labute approximate surface area is 123 Å². The second-order valence-electron chi connectivity index (χ2n) is 3.84. The number of hydrogen-bond donors (Lipinski definition) is 0. The van der Waals surface area contributed by atoms with Gasteiger partial charge in [0.15, 0.2) is 0 Å². The van der Waals surface area contributed by atoms with Crippen molar-refractivity contribution in [3.63, 3.8) is 0 Å². The molecule has 0 aliphatic heterocycles. The van der Waals surface area contributed by atoms with Crippen LogP contribution in [0.2, 0.25) is 0 Å². The Bertz CT molecular complexity index is 461. The highest BCUT2D eigenvalue weighted by molar-refractivity contribution is 9.09. The molecule has 0 fully saturated rings. The number of alkyl halides is 4. The predicted octanol–water partition coefficient (Wildman–Crippen LogP) is 4.09. The minimum atomic E-state index is -4.80. The largest absolute Gasteiger partial charge is 0.573 e. The zero-order valence-corrected chi connectivity index (χ0v) is 12.4. The van der Waals surface area contributed by atoms with Crippen molar-refractivity contribution in [3.05, 3.63) is 29.3 Å². The summed E-state index contributed by atoms with van der Waals surface area (Å²) in [4.78, 5) is 11.8. The Morgan fingerprint density at radius 2 is 2.05 bits per heavy atom. The van der Waals surface area contributed by atoms with Crippen LogP contribution in [0, 0.1) is 0 Å². The molecule has 3 nitrogen and oxygen atoms in total. The highest BCUT2D eigenvalue weighted by atomic mass is 79.9. The molecule has 0 radical (unpaired) electrons. The Morgan fingerprint density at radius 3 is 2.60 bits per heavy atom. The van der Waals surface area contributed by atoms with E-state index in [1.807, 2.05) is 0 Å². The van der Waals surface area contributed by atoms with E-state index in [-0.39, 0.29) is 29.9 Å². The summed E-state index contributed by atoms with van der Waals surface area (Å²) in [5, 5.41) is 0.607. The lowest BCUT2D eigenvalue weighted by Crippen LogP contribution is -2.19. The van der Waals surface area contributed by atoms with Crippen LogP contribution < -0.4 is 4.74 Å². The molecule has 0 bridgehead atoms. The summed E-state index contributed by atoms with van der Waals surface area (Å²) in [7, 11) is 0. The van der Waals surface area contributed by atoms with Crippen LogP contribution >= 0.6 is 15.9 Å². The normalized spacial score (nSPS) is 11.2. The van der Waals surface area contributed by atoms with E-state index < -0.39 is 12.3 Å². The van der Waals surface area contributed by atoms with Crippen molar-refractivity contribution >= 4 is 21.9 Å². The van der Waals surface area contributed by atoms with Crippen LogP contribution in [0.3, 0.4) is 0 Å². The third kappa shape index (κ3) is 5.03. The van der Waals surface area contributed by atoms with Gasteiger partial charge in [0.1, 0.15) is 5.75 Å². The maximum atomic E-state index is 12.4. The van der Waals surface area contributed by atoms with E-state index in [0.717, 1.165) is 0 Å². The highest BCUT2D eigenvalue weighted by Gasteiger charge is 2.32. The summed E-state index contributed by atoms with van der Waals surface area (Å²) in [6, 6.07) is 3.97. The highest BCUT2D eigenvalue weighted by Crippen LogP contribution is 2.30. The standard InChI is InChI=1S/C13H14BrF3O3/c1-2-19-12(18)10-5-3-7-11(20-13(15,16)17)9(10)6-4-8-14/h3,5,7H,2,4,6,8H2,1H3. The second-order valence-corrected chi connectivity index (χ2v) is 4.64. The molecule has 0 aromatic heterocycles. The van der Waals surface area contributed by atoms with Crippen molar-refractivity contribution < 1.29 is 27.4 Å². The van der Waals surface area contributed by atoms with Crippen LogP contribution in [0.4, 0.5) is 13.2 Å². The fourth-order valence-corrected chi connectivity index (χ4v) is 1.97. The fraction of sp³-hybridized carbons (Fsp3) is 0.462. The first-order valence-electron chi connectivity index (χ1n) is 5.99. The number of rotatable bonds is 6. The Hall–Kier alpha value is -1.24. The Morgan fingerprint density at radius 1 is 1.35 bits per heavy atom. The molecular formula is C13H14BrF3O3. The lowest BCUT2D eigenvalue weighted by atomic mass is 10.0. The van der Waals surface area contributed by atoms with Gasteiger partial charge in [0.25, 0.3) is 0 Å². The van der Waals surface area contributed by atoms with E-state index in [9.17, 15) is 18.0 Å². The molecule has 1 rings (SSSR count). The monoisotopic (exact) mass is 354 g/mol. The lowest BCUT2D eigenvalue weighted by molar-refractivity contribution is -0.274. The van der Waals surface area contributed by atoms with Crippen molar-refractivity contribution in [2.45, 2.75) is 26.1 Å². The van der Waals surface area contributed by atoms with Crippen LogP contribution in [-0.4, -0.2) is 24.3 Å². The predicted molar refractivity (Wildman–Crippen MR) is 71.2 cm³/mol. The molecule has 20 heavy (non-hydrogen) atoms. The van der Waals surface area contributed by atoms with E-state index in [2.05, 4.69) is 20.7 Å².